The van der Waals surface area contributed by atoms with E-state index in [1.807, 2.05) is 6.07 Å². The third-order valence-corrected chi connectivity index (χ3v) is 4.48. The zero-order chi connectivity index (χ0) is 14.9. The molecule has 1 unspecified atom stereocenters. The van der Waals surface area contributed by atoms with Crippen molar-refractivity contribution in [3.8, 4) is 17.3 Å². The quantitative estimate of drug-likeness (QED) is 0.846. The summed E-state index contributed by atoms with van der Waals surface area (Å²) in [6.45, 7) is 2.31. The maximum atomic E-state index is 5.53. The highest BCUT2D eigenvalue weighted by atomic mass is 16.5. The third-order valence-electron chi connectivity index (χ3n) is 4.48. The van der Waals surface area contributed by atoms with Gasteiger partial charge < -0.3 is 9.26 Å². The Hall–Kier alpha value is -1.95. The largest absolute Gasteiger partial charge is 0.481 e. The normalized spacial score (nSPS) is 22.1. The molecule has 2 aromatic heterocycles. The lowest BCUT2D eigenvalue weighted by Gasteiger charge is -2.20. The molecule has 116 valence electrons. The lowest BCUT2D eigenvalue weighted by molar-refractivity contribution is 0.201. The minimum atomic E-state index is 0.285. The second-order valence-electron chi connectivity index (χ2n) is 6.14. The minimum absolute atomic E-state index is 0.285. The van der Waals surface area contributed by atoms with Crippen molar-refractivity contribution in [2.24, 2.45) is 5.92 Å². The smallest absolute Gasteiger partial charge is 0.244 e. The predicted molar refractivity (Wildman–Crippen MR) is 80.4 cm³/mol. The molecular weight excluding hydrogens is 280 g/mol. The van der Waals surface area contributed by atoms with Crippen LogP contribution in [-0.4, -0.2) is 40.2 Å². The topological polar surface area (TPSA) is 64.3 Å². The Morgan fingerprint density at radius 1 is 1.32 bits per heavy atom. The second-order valence-corrected chi connectivity index (χ2v) is 6.14. The highest BCUT2D eigenvalue weighted by molar-refractivity contribution is 5.53. The number of aromatic nitrogens is 3. The first-order chi connectivity index (χ1) is 10.8. The van der Waals surface area contributed by atoms with Crippen molar-refractivity contribution < 1.29 is 9.26 Å². The van der Waals surface area contributed by atoms with Gasteiger partial charge in [0.25, 0.3) is 0 Å². The van der Waals surface area contributed by atoms with Crippen molar-refractivity contribution in [2.75, 3.05) is 20.2 Å². The Bertz CT molecular complexity index is 636. The first-order valence-corrected chi connectivity index (χ1v) is 7.91. The van der Waals surface area contributed by atoms with Gasteiger partial charge in [0.2, 0.25) is 17.6 Å². The van der Waals surface area contributed by atoms with E-state index in [0.29, 0.717) is 11.7 Å². The molecule has 0 aromatic carbocycles. The number of hydrogen-bond acceptors (Lipinski definition) is 6. The molecule has 0 spiro atoms. The summed E-state index contributed by atoms with van der Waals surface area (Å²) in [7, 11) is 1.60. The average Bonchev–Trinajstić information content (AvgIpc) is 3.04. The fourth-order valence-electron chi connectivity index (χ4n) is 3.08. The first kappa shape index (κ1) is 13.7. The Morgan fingerprint density at radius 3 is 2.95 bits per heavy atom. The van der Waals surface area contributed by atoms with E-state index in [-0.39, 0.29) is 6.04 Å². The van der Waals surface area contributed by atoms with Crippen LogP contribution in [0.15, 0.2) is 22.9 Å². The summed E-state index contributed by atoms with van der Waals surface area (Å²) in [5.74, 6) is 2.81. The minimum Gasteiger partial charge on any atom is -0.481 e. The molecule has 2 fully saturated rings. The van der Waals surface area contributed by atoms with Crippen molar-refractivity contribution in [3.63, 3.8) is 0 Å². The van der Waals surface area contributed by atoms with Gasteiger partial charge in [0.15, 0.2) is 0 Å². The number of hydrogen-bond donors (Lipinski definition) is 0. The van der Waals surface area contributed by atoms with E-state index in [1.165, 1.54) is 25.8 Å². The van der Waals surface area contributed by atoms with Crippen LogP contribution in [0.4, 0.5) is 0 Å². The first-order valence-electron chi connectivity index (χ1n) is 7.91. The number of methoxy groups -OCH3 is 1. The SMILES string of the molecule is COc1ccc(-c2noc(C3CCCN3CC3CC3)n2)cn1. The summed E-state index contributed by atoms with van der Waals surface area (Å²) < 4.78 is 10.6. The van der Waals surface area contributed by atoms with E-state index in [2.05, 4.69) is 20.0 Å². The van der Waals surface area contributed by atoms with Gasteiger partial charge in [0, 0.05) is 24.4 Å². The third kappa shape index (κ3) is 2.70. The highest BCUT2D eigenvalue weighted by Crippen LogP contribution is 2.37. The van der Waals surface area contributed by atoms with Crippen LogP contribution < -0.4 is 4.74 Å². The molecule has 2 aromatic rings. The maximum Gasteiger partial charge on any atom is 0.244 e. The van der Waals surface area contributed by atoms with E-state index in [9.17, 15) is 0 Å². The fourth-order valence-corrected chi connectivity index (χ4v) is 3.08. The summed E-state index contributed by atoms with van der Waals surface area (Å²) >= 11 is 0. The van der Waals surface area contributed by atoms with Gasteiger partial charge in [-0.3, -0.25) is 4.90 Å². The molecule has 1 atom stereocenters. The van der Waals surface area contributed by atoms with Gasteiger partial charge in [-0.2, -0.15) is 4.98 Å². The molecule has 0 bridgehead atoms. The van der Waals surface area contributed by atoms with Crippen molar-refractivity contribution in [1.29, 1.82) is 0 Å². The van der Waals surface area contributed by atoms with E-state index in [1.54, 1.807) is 19.4 Å². The molecule has 1 aliphatic carbocycles. The van der Waals surface area contributed by atoms with Crippen molar-refractivity contribution >= 4 is 0 Å². The van der Waals surface area contributed by atoms with Crippen LogP contribution in [0.5, 0.6) is 5.88 Å². The maximum absolute atomic E-state index is 5.53. The van der Waals surface area contributed by atoms with Crippen molar-refractivity contribution in [2.45, 2.75) is 31.7 Å². The number of rotatable bonds is 5. The van der Waals surface area contributed by atoms with Crippen LogP contribution in [-0.2, 0) is 0 Å². The van der Waals surface area contributed by atoms with Crippen LogP contribution in [0.2, 0.25) is 0 Å². The number of ether oxygens (including phenoxy) is 1. The molecule has 0 amide bonds. The molecular formula is C16H20N4O2. The number of likely N-dealkylation sites (tertiary alicyclic amines) is 1. The van der Waals surface area contributed by atoms with E-state index in [0.717, 1.165) is 30.3 Å². The zero-order valence-electron chi connectivity index (χ0n) is 12.7. The van der Waals surface area contributed by atoms with Gasteiger partial charge >= 0.3 is 0 Å². The van der Waals surface area contributed by atoms with E-state index < -0.39 is 0 Å². The van der Waals surface area contributed by atoms with Gasteiger partial charge in [-0.05, 0) is 44.2 Å². The number of pyridine rings is 1. The van der Waals surface area contributed by atoms with Crippen molar-refractivity contribution in [3.05, 3.63) is 24.2 Å². The van der Waals surface area contributed by atoms with Crippen LogP contribution >= 0.6 is 0 Å². The monoisotopic (exact) mass is 300 g/mol. The average molecular weight is 300 g/mol. The molecule has 2 aliphatic rings. The lowest BCUT2D eigenvalue weighted by atomic mass is 10.2. The van der Waals surface area contributed by atoms with Crippen LogP contribution in [0.1, 0.15) is 37.6 Å². The Kier molecular flexibility index (Phi) is 3.54. The van der Waals surface area contributed by atoms with Crippen LogP contribution in [0.25, 0.3) is 11.4 Å². The molecule has 1 saturated carbocycles. The highest BCUT2D eigenvalue weighted by Gasteiger charge is 2.34. The Balaban J connectivity index is 1.52. The van der Waals surface area contributed by atoms with Crippen LogP contribution in [0.3, 0.4) is 0 Å². The van der Waals surface area contributed by atoms with Gasteiger partial charge in [-0.1, -0.05) is 5.16 Å². The second kappa shape index (κ2) is 5.68. The van der Waals surface area contributed by atoms with Gasteiger partial charge in [0.05, 0.1) is 13.2 Å². The molecule has 0 radical (unpaired) electrons. The Morgan fingerprint density at radius 2 is 2.23 bits per heavy atom. The van der Waals surface area contributed by atoms with Crippen molar-refractivity contribution in [1.82, 2.24) is 20.0 Å². The summed E-state index contributed by atoms with van der Waals surface area (Å²) in [5, 5.41) is 4.12. The Labute approximate surface area is 129 Å². The summed E-state index contributed by atoms with van der Waals surface area (Å²) in [5.41, 5.74) is 0.850. The molecule has 3 heterocycles. The predicted octanol–water partition coefficient (Wildman–Crippen LogP) is 2.69. The molecule has 1 saturated heterocycles. The fraction of sp³-hybridized carbons (Fsp3) is 0.562. The zero-order valence-corrected chi connectivity index (χ0v) is 12.7. The van der Waals surface area contributed by atoms with Gasteiger partial charge in [-0.25, -0.2) is 4.98 Å². The standard InChI is InChI=1S/C16H20N4O2/c1-21-14-7-6-12(9-17-14)15-18-16(22-19-15)13-3-2-8-20(13)10-11-4-5-11/h6-7,9,11,13H,2-5,8,10H2,1H3. The van der Waals surface area contributed by atoms with Gasteiger partial charge in [0.1, 0.15) is 0 Å². The van der Waals surface area contributed by atoms with Gasteiger partial charge in [-0.15, -0.1) is 0 Å². The summed E-state index contributed by atoms with van der Waals surface area (Å²) in [6, 6.07) is 3.99. The molecule has 1 aliphatic heterocycles. The molecule has 4 rings (SSSR count). The summed E-state index contributed by atoms with van der Waals surface area (Å²) in [4.78, 5) is 11.3. The molecule has 0 N–H and O–H groups in total. The number of nitrogens with zero attached hydrogens (tertiary/aromatic N) is 4. The van der Waals surface area contributed by atoms with E-state index >= 15 is 0 Å². The summed E-state index contributed by atoms with van der Waals surface area (Å²) in [6.07, 6.45) is 6.77. The molecule has 6 heteroatoms. The molecule has 6 nitrogen and oxygen atoms in total. The van der Waals surface area contributed by atoms with E-state index in [4.69, 9.17) is 9.26 Å². The lowest BCUT2D eigenvalue weighted by Crippen LogP contribution is -2.25. The molecule has 22 heavy (non-hydrogen) atoms. The van der Waals surface area contributed by atoms with Crippen LogP contribution in [0, 0.1) is 5.92 Å².